The first-order chi connectivity index (χ1) is 7.78. The predicted molar refractivity (Wildman–Crippen MR) is 62.1 cm³/mol. The van der Waals surface area contributed by atoms with Gasteiger partial charge in [-0.3, -0.25) is 4.79 Å². The zero-order valence-electron chi connectivity index (χ0n) is 10.2. The minimum Gasteiger partial charge on any atom is -0.373 e. The van der Waals surface area contributed by atoms with Gasteiger partial charge in [0.05, 0.1) is 0 Å². The highest BCUT2D eigenvalue weighted by atomic mass is 16.5. The van der Waals surface area contributed by atoms with Crippen LogP contribution >= 0.6 is 0 Å². The molecule has 0 heterocycles. The maximum Gasteiger partial charge on any atom is 0.162 e. The predicted octanol–water partition coefficient (Wildman–Crippen LogP) is 2.81. The lowest BCUT2D eigenvalue weighted by Crippen LogP contribution is -2.28. The molecule has 0 aliphatic heterocycles. The van der Waals surface area contributed by atoms with Crippen LogP contribution < -0.4 is 0 Å². The van der Waals surface area contributed by atoms with E-state index in [1.165, 1.54) is 38.5 Å². The SMILES string of the molecule is COC(C(=O)CC1CC2CCC1C2)C1CC1. The fraction of sp³-hybridized carbons (Fsp3) is 0.929. The maximum absolute atomic E-state index is 12.2. The van der Waals surface area contributed by atoms with Crippen LogP contribution in [0.25, 0.3) is 0 Å². The van der Waals surface area contributed by atoms with Crippen molar-refractivity contribution < 1.29 is 9.53 Å². The summed E-state index contributed by atoms with van der Waals surface area (Å²) in [6.45, 7) is 0. The molecule has 0 aromatic rings. The van der Waals surface area contributed by atoms with Gasteiger partial charge >= 0.3 is 0 Å². The van der Waals surface area contributed by atoms with Crippen LogP contribution in [0, 0.1) is 23.7 Å². The summed E-state index contributed by atoms with van der Waals surface area (Å²) in [5.74, 6) is 3.46. The second kappa shape index (κ2) is 4.14. The van der Waals surface area contributed by atoms with Crippen molar-refractivity contribution >= 4 is 5.78 Å². The Hall–Kier alpha value is -0.370. The average Bonchev–Trinajstić information content (AvgIpc) is 2.89. The van der Waals surface area contributed by atoms with Crippen molar-refractivity contribution in [2.45, 2.75) is 51.0 Å². The molecule has 2 nitrogen and oxygen atoms in total. The van der Waals surface area contributed by atoms with Gasteiger partial charge in [-0.2, -0.15) is 0 Å². The van der Waals surface area contributed by atoms with E-state index in [1.54, 1.807) is 7.11 Å². The Kier molecular flexibility index (Phi) is 2.78. The number of ketones is 1. The molecule has 3 fully saturated rings. The second-order valence-corrected chi connectivity index (χ2v) is 6.10. The lowest BCUT2D eigenvalue weighted by atomic mass is 9.84. The number of hydrogen-bond donors (Lipinski definition) is 0. The van der Waals surface area contributed by atoms with Gasteiger partial charge < -0.3 is 4.74 Å². The van der Waals surface area contributed by atoms with Crippen LogP contribution in [-0.2, 0) is 9.53 Å². The van der Waals surface area contributed by atoms with Crippen LogP contribution in [0.1, 0.15) is 44.9 Å². The highest BCUT2D eigenvalue weighted by Gasteiger charge is 2.43. The van der Waals surface area contributed by atoms with Gasteiger partial charge in [0.1, 0.15) is 6.10 Å². The fourth-order valence-corrected chi connectivity index (χ4v) is 3.99. The minimum atomic E-state index is -0.0703. The number of rotatable bonds is 5. The summed E-state index contributed by atoms with van der Waals surface area (Å²) in [5, 5.41) is 0. The van der Waals surface area contributed by atoms with Gasteiger partial charge in [-0.05, 0) is 55.8 Å². The van der Waals surface area contributed by atoms with E-state index in [0.717, 1.165) is 18.3 Å². The second-order valence-electron chi connectivity index (χ2n) is 6.10. The monoisotopic (exact) mass is 222 g/mol. The largest absolute Gasteiger partial charge is 0.373 e. The standard InChI is InChI=1S/C14H22O2/c1-16-14(10-4-5-10)13(15)8-12-7-9-2-3-11(12)6-9/h9-12,14H,2-8H2,1H3. The van der Waals surface area contributed by atoms with Crippen molar-refractivity contribution in [3.05, 3.63) is 0 Å². The molecule has 0 aromatic heterocycles. The summed E-state index contributed by atoms with van der Waals surface area (Å²) < 4.78 is 5.38. The first-order valence-electron chi connectivity index (χ1n) is 6.83. The van der Waals surface area contributed by atoms with Gasteiger partial charge in [-0.25, -0.2) is 0 Å². The molecule has 4 unspecified atom stereocenters. The highest BCUT2D eigenvalue weighted by molar-refractivity contribution is 5.84. The summed E-state index contributed by atoms with van der Waals surface area (Å²) in [6.07, 6.45) is 8.64. The van der Waals surface area contributed by atoms with Crippen molar-refractivity contribution in [3.63, 3.8) is 0 Å². The van der Waals surface area contributed by atoms with Gasteiger partial charge in [0, 0.05) is 13.5 Å². The summed E-state index contributed by atoms with van der Waals surface area (Å²) in [7, 11) is 1.70. The van der Waals surface area contributed by atoms with E-state index in [0.29, 0.717) is 17.6 Å². The zero-order valence-corrected chi connectivity index (χ0v) is 10.2. The number of fused-ring (bicyclic) bond motifs is 2. The molecule has 3 saturated carbocycles. The van der Waals surface area contributed by atoms with Gasteiger partial charge in [-0.15, -0.1) is 0 Å². The summed E-state index contributed by atoms with van der Waals surface area (Å²) in [6, 6.07) is 0. The molecule has 90 valence electrons. The quantitative estimate of drug-likeness (QED) is 0.715. The van der Waals surface area contributed by atoms with Crippen LogP contribution in [-0.4, -0.2) is 19.0 Å². The van der Waals surface area contributed by atoms with E-state index in [1.807, 2.05) is 0 Å². The normalized spacial score (nSPS) is 38.9. The number of carbonyl (C=O) groups is 1. The average molecular weight is 222 g/mol. The third-order valence-corrected chi connectivity index (χ3v) is 4.97. The summed E-state index contributed by atoms with van der Waals surface area (Å²) in [5.41, 5.74) is 0. The molecule has 16 heavy (non-hydrogen) atoms. The van der Waals surface area contributed by atoms with Crippen LogP contribution in [0.2, 0.25) is 0 Å². The summed E-state index contributed by atoms with van der Waals surface area (Å²) >= 11 is 0. The van der Waals surface area contributed by atoms with Gasteiger partial charge in [0.15, 0.2) is 5.78 Å². The van der Waals surface area contributed by atoms with Crippen molar-refractivity contribution in [2.24, 2.45) is 23.7 Å². The lowest BCUT2D eigenvalue weighted by molar-refractivity contribution is -0.131. The van der Waals surface area contributed by atoms with E-state index in [2.05, 4.69) is 0 Å². The van der Waals surface area contributed by atoms with Crippen molar-refractivity contribution in [1.29, 1.82) is 0 Å². The summed E-state index contributed by atoms with van der Waals surface area (Å²) in [4.78, 5) is 12.2. The molecule has 0 N–H and O–H groups in total. The molecule has 3 aliphatic rings. The number of methoxy groups -OCH3 is 1. The van der Waals surface area contributed by atoms with Crippen molar-refractivity contribution in [1.82, 2.24) is 0 Å². The lowest BCUT2D eigenvalue weighted by Gasteiger charge is -2.23. The van der Waals surface area contributed by atoms with Crippen molar-refractivity contribution in [3.8, 4) is 0 Å². The molecule has 2 heteroatoms. The smallest absolute Gasteiger partial charge is 0.162 e. The van der Waals surface area contributed by atoms with E-state index >= 15 is 0 Å². The van der Waals surface area contributed by atoms with Crippen LogP contribution in [0.15, 0.2) is 0 Å². The minimum absolute atomic E-state index is 0.0703. The van der Waals surface area contributed by atoms with Crippen LogP contribution in [0.5, 0.6) is 0 Å². The van der Waals surface area contributed by atoms with Crippen LogP contribution in [0.4, 0.5) is 0 Å². The van der Waals surface area contributed by atoms with E-state index < -0.39 is 0 Å². The zero-order chi connectivity index (χ0) is 11.1. The topological polar surface area (TPSA) is 26.3 Å². The third kappa shape index (κ3) is 1.92. The third-order valence-electron chi connectivity index (χ3n) is 4.97. The van der Waals surface area contributed by atoms with E-state index in [4.69, 9.17) is 4.74 Å². The van der Waals surface area contributed by atoms with E-state index in [9.17, 15) is 4.79 Å². The molecule has 3 aliphatic carbocycles. The molecule has 0 saturated heterocycles. The fourth-order valence-electron chi connectivity index (χ4n) is 3.99. The van der Waals surface area contributed by atoms with Crippen LogP contribution in [0.3, 0.4) is 0 Å². The molecule has 3 rings (SSSR count). The van der Waals surface area contributed by atoms with Gasteiger partial charge in [0.25, 0.3) is 0 Å². The Balaban J connectivity index is 1.55. The Morgan fingerprint density at radius 1 is 1.25 bits per heavy atom. The van der Waals surface area contributed by atoms with Gasteiger partial charge in [0.2, 0.25) is 0 Å². The molecular weight excluding hydrogens is 200 g/mol. The Labute approximate surface area is 97.7 Å². The molecule has 0 amide bonds. The first kappa shape index (κ1) is 10.8. The molecule has 4 atom stereocenters. The molecule has 0 spiro atoms. The van der Waals surface area contributed by atoms with Gasteiger partial charge in [-0.1, -0.05) is 6.42 Å². The van der Waals surface area contributed by atoms with E-state index in [-0.39, 0.29) is 6.10 Å². The molecular formula is C14H22O2. The molecule has 0 aromatic carbocycles. The number of carbonyl (C=O) groups excluding carboxylic acids is 1. The Bertz CT molecular complexity index is 282. The number of ether oxygens (including phenoxy) is 1. The molecule has 2 bridgehead atoms. The highest BCUT2D eigenvalue weighted by Crippen LogP contribution is 2.50. The first-order valence-corrected chi connectivity index (χ1v) is 6.83. The molecule has 0 radical (unpaired) electrons. The number of Topliss-reactive ketones (excluding diaryl/α,β-unsaturated/α-hetero) is 1. The maximum atomic E-state index is 12.2. The van der Waals surface area contributed by atoms with Crippen molar-refractivity contribution in [2.75, 3.05) is 7.11 Å². The Morgan fingerprint density at radius 2 is 2.06 bits per heavy atom. The Morgan fingerprint density at radius 3 is 2.56 bits per heavy atom. The number of hydrogen-bond acceptors (Lipinski definition) is 2.